The van der Waals surface area contributed by atoms with Crippen molar-refractivity contribution in [3.8, 4) is 0 Å². The lowest BCUT2D eigenvalue weighted by molar-refractivity contribution is -0.122. The number of carbonyl (C=O) groups is 2. The van der Waals surface area contributed by atoms with Crippen LogP contribution in [0, 0.1) is 17.8 Å². The Hall–Kier alpha value is -3.44. The van der Waals surface area contributed by atoms with Crippen LogP contribution in [0.2, 0.25) is 0 Å². The van der Waals surface area contributed by atoms with Gasteiger partial charge in [0, 0.05) is 31.7 Å². The van der Waals surface area contributed by atoms with Gasteiger partial charge in [-0.1, -0.05) is 6.92 Å². The van der Waals surface area contributed by atoms with Gasteiger partial charge in [0.1, 0.15) is 0 Å². The highest BCUT2D eigenvalue weighted by atomic mass is 19.3. The molecule has 6 rings (SSSR count). The maximum atomic E-state index is 14.0. The van der Waals surface area contributed by atoms with Gasteiger partial charge >= 0.3 is 0 Å². The molecule has 3 aliphatic carbocycles. The second-order valence-electron chi connectivity index (χ2n) is 11.7. The number of alkyl halides is 2. The number of nitrogens with one attached hydrogen (secondary N) is 2. The first kappa shape index (κ1) is 26.8. The Labute approximate surface area is 231 Å². The molecule has 2 amide bonds. The summed E-state index contributed by atoms with van der Waals surface area (Å²) >= 11 is 0. The quantitative estimate of drug-likeness (QED) is 0.363. The Morgan fingerprint density at radius 2 is 1.73 bits per heavy atom. The van der Waals surface area contributed by atoms with Crippen LogP contribution in [0.15, 0.2) is 24.7 Å². The zero-order chi connectivity index (χ0) is 27.9. The van der Waals surface area contributed by atoms with Crippen LogP contribution in [0.1, 0.15) is 105 Å². The summed E-state index contributed by atoms with van der Waals surface area (Å²) in [5.74, 6) is -1.92. The fourth-order valence-electron chi connectivity index (χ4n) is 5.63. The standard InChI is InChI=1S/C28H36F2N8O2/c1-2-3-23(39)34-24(18-6-7-18)20-10-13-37-16-22(33-27(37)32-20)25(19-8-11-28(29,30)12-9-19)35-26(40)21-14-31-38(36-21)15-17-4-5-17/h10,13-14,16-19,24-25H,2-9,11-12,15H2,1H3,(H,34,39)(H,35,40)/t24-,25-/m0/s1. The van der Waals surface area contributed by atoms with E-state index in [1.807, 2.05) is 19.2 Å². The summed E-state index contributed by atoms with van der Waals surface area (Å²) in [6, 6.07) is 1.14. The van der Waals surface area contributed by atoms with E-state index < -0.39 is 17.9 Å². The molecule has 3 saturated carbocycles. The first-order chi connectivity index (χ1) is 19.3. The minimum atomic E-state index is -2.69. The van der Waals surface area contributed by atoms with Gasteiger partial charge in [0.05, 0.1) is 36.2 Å². The van der Waals surface area contributed by atoms with Gasteiger partial charge < -0.3 is 10.6 Å². The van der Waals surface area contributed by atoms with Crippen molar-refractivity contribution < 1.29 is 18.4 Å². The highest BCUT2D eigenvalue weighted by Gasteiger charge is 2.40. The van der Waals surface area contributed by atoms with E-state index in [0.29, 0.717) is 36.3 Å². The van der Waals surface area contributed by atoms with Crippen molar-refractivity contribution in [1.82, 2.24) is 40.0 Å². The minimum absolute atomic E-state index is 0.0102. The van der Waals surface area contributed by atoms with Gasteiger partial charge in [-0.3, -0.25) is 14.0 Å². The number of carbonyl (C=O) groups excluding carboxylic acids is 2. The zero-order valence-electron chi connectivity index (χ0n) is 22.7. The van der Waals surface area contributed by atoms with Crippen molar-refractivity contribution in [2.24, 2.45) is 17.8 Å². The molecule has 3 aromatic rings. The summed E-state index contributed by atoms with van der Waals surface area (Å²) in [7, 11) is 0. The van der Waals surface area contributed by atoms with E-state index in [-0.39, 0.29) is 49.2 Å². The van der Waals surface area contributed by atoms with Crippen LogP contribution >= 0.6 is 0 Å². The van der Waals surface area contributed by atoms with Gasteiger partial charge in [-0.25, -0.2) is 18.7 Å². The largest absolute Gasteiger partial charge is 0.347 e. The first-order valence-electron chi connectivity index (χ1n) is 14.5. The zero-order valence-corrected chi connectivity index (χ0v) is 22.7. The monoisotopic (exact) mass is 554 g/mol. The van der Waals surface area contributed by atoms with Crippen LogP contribution in [0.25, 0.3) is 5.78 Å². The molecular weight excluding hydrogens is 518 g/mol. The van der Waals surface area contributed by atoms with E-state index in [9.17, 15) is 18.4 Å². The molecule has 3 aromatic heterocycles. The minimum Gasteiger partial charge on any atom is -0.347 e. The predicted molar refractivity (Wildman–Crippen MR) is 141 cm³/mol. The lowest BCUT2D eigenvalue weighted by Gasteiger charge is -2.33. The second-order valence-corrected chi connectivity index (χ2v) is 11.7. The summed E-state index contributed by atoms with van der Waals surface area (Å²) < 4.78 is 29.8. The van der Waals surface area contributed by atoms with Crippen molar-refractivity contribution in [3.63, 3.8) is 0 Å². The molecule has 12 heteroatoms. The molecule has 0 spiro atoms. The molecular formula is C28H36F2N8O2. The number of rotatable bonds is 11. The molecule has 0 bridgehead atoms. The summed E-state index contributed by atoms with van der Waals surface area (Å²) in [5, 5.41) is 14.7. The van der Waals surface area contributed by atoms with E-state index in [2.05, 4.69) is 20.8 Å². The fourth-order valence-corrected chi connectivity index (χ4v) is 5.63. The number of fused-ring (bicyclic) bond motifs is 1. The molecule has 10 nitrogen and oxygen atoms in total. The van der Waals surface area contributed by atoms with E-state index in [1.165, 1.54) is 6.20 Å². The van der Waals surface area contributed by atoms with E-state index in [4.69, 9.17) is 9.97 Å². The molecule has 3 heterocycles. The van der Waals surface area contributed by atoms with Crippen LogP contribution in [0.3, 0.4) is 0 Å². The number of nitrogens with zero attached hydrogens (tertiary/aromatic N) is 6. The van der Waals surface area contributed by atoms with E-state index in [0.717, 1.165) is 37.8 Å². The fraction of sp³-hybridized carbons (Fsp3) is 0.643. The number of halogens is 2. The molecule has 0 unspecified atom stereocenters. The van der Waals surface area contributed by atoms with Crippen LogP contribution < -0.4 is 10.6 Å². The van der Waals surface area contributed by atoms with Crippen molar-refractivity contribution in [1.29, 1.82) is 0 Å². The first-order valence-corrected chi connectivity index (χ1v) is 14.5. The van der Waals surface area contributed by atoms with Crippen LogP contribution in [-0.4, -0.2) is 47.1 Å². The average molecular weight is 555 g/mol. The van der Waals surface area contributed by atoms with Crippen molar-refractivity contribution in [2.75, 3.05) is 0 Å². The number of amides is 2. The summed E-state index contributed by atoms with van der Waals surface area (Å²) in [6.45, 7) is 2.66. The maximum Gasteiger partial charge on any atom is 0.274 e. The van der Waals surface area contributed by atoms with Crippen molar-refractivity contribution >= 4 is 17.6 Å². The highest BCUT2D eigenvalue weighted by molar-refractivity contribution is 5.92. The molecule has 214 valence electrons. The molecule has 2 atom stereocenters. The van der Waals surface area contributed by atoms with Crippen LogP contribution in [0.4, 0.5) is 8.78 Å². The summed E-state index contributed by atoms with van der Waals surface area (Å²) in [4.78, 5) is 36.7. The number of imidazole rings is 1. The molecule has 40 heavy (non-hydrogen) atoms. The maximum absolute atomic E-state index is 14.0. The third-order valence-electron chi connectivity index (χ3n) is 8.30. The summed E-state index contributed by atoms with van der Waals surface area (Å²) in [6.07, 6.45) is 10.8. The smallest absolute Gasteiger partial charge is 0.274 e. The van der Waals surface area contributed by atoms with Crippen molar-refractivity contribution in [2.45, 2.75) is 95.7 Å². The number of hydrogen-bond acceptors (Lipinski definition) is 6. The molecule has 3 aliphatic rings. The molecule has 0 radical (unpaired) electrons. The van der Waals surface area contributed by atoms with Gasteiger partial charge in [-0.05, 0) is 68.8 Å². The second kappa shape index (κ2) is 10.9. The van der Waals surface area contributed by atoms with Gasteiger partial charge in [0.2, 0.25) is 17.6 Å². The highest BCUT2D eigenvalue weighted by Crippen LogP contribution is 2.42. The lowest BCUT2D eigenvalue weighted by Crippen LogP contribution is -2.37. The van der Waals surface area contributed by atoms with Gasteiger partial charge in [-0.2, -0.15) is 9.90 Å². The van der Waals surface area contributed by atoms with E-state index >= 15 is 0 Å². The molecule has 0 saturated heterocycles. The van der Waals surface area contributed by atoms with Gasteiger partial charge in [-0.15, -0.1) is 5.10 Å². The molecule has 2 N–H and O–H groups in total. The van der Waals surface area contributed by atoms with Crippen LogP contribution in [0.5, 0.6) is 0 Å². The Balaban J connectivity index is 1.25. The van der Waals surface area contributed by atoms with Crippen LogP contribution in [-0.2, 0) is 11.3 Å². The average Bonchev–Trinajstić information content (AvgIpc) is 3.84. The molecule has 3 fully saturated rings. The summed E-state index contributed by atoms with van der Waals surface area (Å²) in [5.41, 5.74) is 1.52. The topological polar surface area (TPSA) is 119 Å². The lowest BCUT2D eigenvalue weighted by atomic mass is 9.81. The number of aromatic nitrogens is 6. The Morgan fingerprint density at radius 1 is 1.02 bits per heavy atom. The third-order valence-corrected chi connectivity index (χ3v) is 8.30. The Bertz CT molecular complexity index is 1370. The van der Waals surface area contributed by atoms with E-state index in [1.54, 1.807) is 15.4 Å². The molecule has 0 aliphatic heterocycles. The molecule has 0 aromatic carbocycles. The number of hydrogen-bond donors (Lipinski definition) is 2. The predicted octanol–water partition coefficient (Wildman–Crippen LogP) is 4.39. The SMILES string of the molecule is CCCC(=O)N[C@H](c1ccn2cc([C@@H](NC(=O)c3cnn(CC4CC4)n3)C3CCC(F)(F)CC3)nc2n1)C1CC1. The van der Waals surface area contributed by atoms with Gasteiger partial charge in [0.15, 0.2) is 5.69 Å². The Kier molecular flexibility index (Phi) is 7.26. The Morgan fingerprint density at radius 3 is 2.42 bits per heavy atom. The third kappa shape index (κ3) is 6.15. The normalized spacial score (nSPS) is 20.8. The van der Waals surface area contributed by atoms with Gasteiger partial charge in [0.25, 0.3) is 5.91 Å². The van der Waals surface area contributed by atoms with Crippen molar-refractivity contribution in [3.05, 3.63) is 41.7 Å².